The van der Waals surface area contributed by atoms with Crippen LogP contribution in [-0.4, -0.2) is 0 Å². The molecule has 20 heavy (non-hydrogen) atoms. The van der Waals surface area contributed by atoms with Crippen LogP contribution in [0.15, 0.2) is 35.4 Å². The fourth-order valence-corrected chi connectivity index (χ4v) is 1.73. The van der Waals surface area contributed by atoms with Crippen molar-refractivity contribution in [1.29, 1.82) is 21.0 Å². The van der Waals surface area contributed by atoms with Crippen LogP contribution < -0.4 is 0 Å². The fourth-order valence-electron chi connectivity index (χ4n) is 1.33. The molecule has 0 unspecified atom stereocenters. The molecule has 1 aromatic rings. The van der Waals surface area contributed by atoms with E-state index in [9.17, 15) is 0 Å². The minimum Gasteiger partial charge on any atom is -0.192 e. The van der Waals surface area contributed by atoms with Gasteiger partial charge in [-0.3, -0.25) is 0 Å². The number of hydrogen-bond acceptors (Lipinski definition) is 4. The van der Waals surface area contributed by atoms with E-state index in [2.05, 4.69) is 0 Å². The summed E-state index contributed by atoms with van der Waals surface area (Å²) in [5.74, 6) is 0. The Balaban J connectivity index is 3.47. The van der Waals surface area contributed by atoms with Crippen LogP contribution in [0.2, 0.25) is 0 Å². The second-order valence-electron chi connectivity index (χ2n) is 3.41. The van der Waals surface area contributed by atoms with Gasteiger partial charge in [-0.05, 0) is 17.2 Å². The minimum atomic E-state index is -0.232. The van der Waals surface area contributed by atoms with E-state index < -0.39 is 0 Å². The van der Waals surface area contributed by atoms with E-state index in [1.165, 1.54) is 6.07 Å². The van der Waals surface area contributed by atoms with Gasteiger partial charge in [0.05, 0.1) is 10.1 Å². The van der Waals surface area contributed by atoms with E-state index in [4.69, 9.17) is 44.2 Å². The smallest absolute Gasteiger partial charge is 0.148 e. The van der Waals surface area contributed by atoms with Crippen molar-refractivity contribution >= 4 is 33.3 Å². The van der Waals surface area contributed by atoms with Crippen molar-refractivity contribution < 1.29 is 0 Å². The average Bonchev–Trinajstić information content (AvgIpc) is 2.49. The maximum absolute atomic E-state index is 8.76. The molecule has 0 amide bonds. The van der Waals surface area contributed by atoms with Crippen LogP contribution in [0, 0.1) is 45.3 Å². The molecular weight excluding hydrogens is 295 g/mol. The average molecular weight is 299 g/mol. The van der Waals surface area contributed by atoms with Gasteiger partial charge < -0.3 is 0 Å². The number of nitrogens with zero attached hydrogens (tertiary/aromatic N) is 4. The molecule has 0 atom stereocenters. The quantitative estimate of drug-likeness (QED) is 0.778. The highest BCUT2D eigenvalue weighted by molar-refractivity contribution is 6.51. The zero-order valence-electron chi connectivity index (χ0n) is 9.85. The third kappa shape index (κ3) is 3.17. The van der Waals surface area contributed by atoms with Crippen molar-refractivity contribution in [2.75, 3.05) is 0 Å². The van der Waals surface area contributed by atoms with E-state index in [0.29, 0.717) is 11.1 Å². The van der Waals surface area contributed by atoms with Crippen molar-refractivity contribution in [3.8, 4) is 24.3 Å². The number of rotatable bonds is 2. The van der Waals surface area contributed by atoms with Gasteiger partial charge in [0.15, 0.2) is 0 Å². The van der Waals surface area contributed by atoms with Gasteiger partial charge in [-0.1, -0.05) is 41.4 Å². The Morgan fingerprint density at radius 2 is 1.10 bits per heavy atom. The largest absolute Gasteiger partial charge is 0.192 e. The third-order valence-corrected chi connectivity index (χ3v) is 3.07. The zero-order chi connectivity index (χ0) is 15.1. The van der Waals surface area contributed by atoms with Crippen LogP contribution in [0.3, 0.4) is 0 Å². The molecule has 94 valence electrons. The predicted molar refractivity (Wildman–Crippen MR) is 74.4 cm³/mol. The summed E-state index contributed by atoms with van der Waals surface area (Å²) < 4.78 is 0. The Kier molecular flexibility index (Phi) is 5.34. The van der Waals surface area contributed by atoms with Crippen molar-refractivity contribution in [2.45, 2.75) is 0 Å². The normalized spacial score (nSPS) is 8.30. The van der Waals surface area contributed by atoms with Gasteiger partial charge in [0.1, 0.15) is 35.4 Å². The van der Waals surface area contributed by atoms with Gasteiger partial charge in [0.25, 0.3) is 0 Å². The Labute approximate surface area is 125 Å². The number of halogens is 2. The molecule has 0 bridgehead atoms. The Hall–Kier alpha value is -2.76. The Bertz CT molecular complexity index is 682. The van der Waals surface area contributed by atoms with Crippen LogP contribution in [0.4, 0.5) is 0 Å². The number of allylic oxidation sites excluding steroid dienone is 2. The number of benzene rings is 1. The topological polar surface area (TPSA) is 95.2 Å². The van der Waals surface area contributed by atoms with E-state index in [0.717, 1.165) is 0 Å². The lowest BCUT2D eigenvalue weighted by atomic mass is 10.1. The van der Waals surface area contributed by atoms with Gasteiger partial charge >= 0.3 is 0 Å². The lowest BCUT2D eigenvalue weighted by Gasteiger charge is -2.03. The Morgan fingerprint density at radius 3 is 1.40 bits per heavy atom. The van der Waals surface area contributed by atoms with Crippen LogP contribution >= 0.6 is 23.2 Å². The maximum Gasteiger partial charge on any atom is 0.148 e. The highest BCUT2D eigenvalue weighted by atomic mass is 35.5. The highest BCUT2D eigenvalue weighted by Crippen LogP contribution is 2.28. The maximum atomic E-state index is 8.76. The number of hydrogen-bond donors (Lipinski definition) is 0. The first-order valence-electron chi connectivity index (χ1n) is 5.09. The summed E-state index contributed by atoms with van der Waals surface area (Å²) >= 11 is 11.9. The fraction of sp³-hybridized carbons (Fsp3) is 0. The Morgan fingerprint density at radius 1 is 0.750 bits per heavy atom. The standard InChI is InChI=1S/C14H4Cl2N4/c15-13(11(5-17)6-18)9-2-1-3-10(4-9)14(16)12(7-19)8-20/h1-4H. The molecule has 0 saturated carbocycles. The molecule has 0 heterocycles. The second-order valence-corrected chi connectivity index (χ2v) is 4.16. The van der Waals surface area contributed by atoms with Gasteiger partial charge in [0.2, 0.25) is 0 Å². The third-order valence-electron chi connectivity index (χ3n) is 2.26. The van der Waals surface area contributed by atoms with Crippen molar-refractivity contribution in [1.82, 2.24) is 0 Å². The van der Waals surface area contributed by atoms with Gasteiger partial charge in [-0.15, -0.1) is 0 Å². The molecule has 0 radical (unpaired) electrons. The lowest BCUT2D eigenvalue weighted by Crippen LogP contribution is -1.87. The van der Waals surface area contributed by atoms with Crippen LogP contribution in [0.25, 0.3) is 10.1 Å². The van der Waals surface area contributed by atoms with Crippen molar-refractivity contribution in [3.63, 3.8) is 0 Å². The molecule has 6 heteroatoms. The summed E-state index contributed by atoms with van der Waals surface area (Å²) in [5, 5.41) is 35.0. The molecule has 0 fully saturated rings. The number of nitriles is 4. The molecular formula is C14H4Cl2N4. The molecule has 0 aromatic heterocycles. The van der Waals surface area contributed by atoms with E-state index >= 15 is 0 Å². The molecule has 0 saturated heterocycles. The minimum absolute atomic E-state index is 0.0169. The molecule has 4 nitrogen and oxygen atoms in total. The van der Waals surface area contributed by atoms with Crippen LogP contribution in [-0.2, 0) is 0 Å². The summed E-state index contributed by atoms with van der Waals surface area (Å²) in [4.78, 5) is 0. The molecule has 0 aliphatic heterocycles. The first-order chi connectivity index (χ1) is 9.58. The van der Waals surface area contributed by atoms with E-state index in [-0.39, 0.29) is 21.2 Å². The van der Waals surface area contributed by atoms with Crippen molar-refractivity contribution in [3.05, 3.63) is 46.5 Å². The summed E-state index contributed by atoms with van der Waals surface area (Å²) in [7, 11) is 0. The van der Waals surface area contributed by atoms with Gasteiger partial charge in [-0.25, -0.2) is 0 Å². The second kappa shape index (κ2) is 6.98. The van der Waals surface area contributed by atoms with Crippen LogP contribution in [0.5, 0.6) is 0 Å². The van der Waals surface area contributed by atoms with Gasteiger partial charge in [0, 0.05) is 0 Å². The van der Waals surface area contributed by atoms with E-state index in [1.54, 1.807) is 42.5 Å². The van der Waals surface area contributed by atoms with Crippen LogP contribution in [0.1, 0.15) is 11.1 Å². The highest BCUT2D eigenvalue weighted by Gasteiger charge is 2.10. The molecule has 1 rings (SSSR count). The first-order valence-corrected chi connectivity index (χ1v) is 5.85. The molecule has 0 aliphatic carbocycles. The predicted octanol–water partition coefficient (Wildman–Crippen LogP) is 3.68. The molecule has 0 N–H and O–H groups in total. The first kappa shape index (κ1) is 15.3. The van der Waals surface area contributed by atoms with Crippen molar-refractivity contribution in [2.24, 2.45) is 0 Å². The van der Waals surface area contributed by atoms with Gasteiger partial charge in [-0.2, -0.15) is 21.0 Å². The summed E-state index contributed by atoms with van der Waals surface area (Å²) in [6.07, 6.45) is 0. The lowest BCUT2D eigenvalue weighted by molar-refractivity contribution is 1.46. The molecule has 0 aliphatic rings. The van der Waals surface area contributed by atoms with E-state index in [1.807, 2.05) is 0 Å². The summed E-state index contributed by atoms with van der Waals surface area (Å²) in [6.45, 7) is 0. The summed E-state index contributed by atoms with van der Waals surface area (Å²) in [5.41, 5.74) is 0.334. The zero-order valence-corrected chi connectivity index (χ0v) is 11.4. The summed E-state index contributed by atoms with van der Waals surface area (Å²) in [6, 6.07) is 13.0. The molecule has 0 spiro atoms. The molecule has 1 aromatic carbocycles. The monoisotopic (exact) mass is 298 g/mol. The SMILES string of the molecule is N#CC(C#N)=C(Cl)c1cccc(C(Cl)=C(C#N)C#N)c1.